The molecule has 1 aromatic heterocycles. The first-order valence-corrected chi connectivity index (χ1v) is 8.31. The Hall–Kier alpha value is -0.560. The van der Waals surface area contributed by atoms with E-state index >= 15 is 0 Å². The largest absolute Gasteiger partial charge is 0.493 e. The number of thiophene rings is 1. The summed E-state index contributed by atoms with van der Waals surface area (Å²) in [6.07, 6.45) is 0. The maximum Gasteiger partial charge on any atom is 0.161 e. The van der Waals surface area contributed by atoms with Crippen LogP contribution in [-0.2, 0) is 0 Å². The standard InChI is InChI=1S/C14H15Br2NO2S/c1-7-4-10(18-2)11(19-3)5-8(7)13(17)9-6-12(15)20-14(9)16/h4-6,13H,17H2,1-3H3. The number of hydrogen-bond donors (Lipinski definition) is 1. The van der Waals surface area contributed by atoms with Crippen molar-refractivity contribution in [3.05, 3.63) is 42.5 Å². The number of aryl methyl sites for hydroxylation is 1. The van der Waals surface area contributed by atoms with Gasteiger partial charge < -0.3 is 15.2 Å². The van der Waals surface area contributed by atoms with Crippen LogP contribution in [0.4, 0.5) is 0 Å². The van der Waals surface area contributed by atoms with E-state index in [1.807, 2.05) is 25.1 Å². The van der Waals surface area contributed by atoms with Crippen LogP contribution in [0.25, 0.3) is 0 Å². The fraction of sp³-hybridized carbons (Fsp3) is 0.286. The van der Waals surface area contributed by atoms with Crippen molar-refractivity contribution < 1.29 is 9.47 Å². The van der Waals surface area contributed by atoms with E-state index in [1.54, 1.807) is 25.6 Å². The quantitative estimate of drug-likeness (QED) is 0.782. The number of nitrogens with two attached hydrogens (primary N) is 1. The van der Waals surface area contributed by atoms with Crippen LogP contribution in [0.2, 0.25) is 0 Å². The first-order chi connectivity index (χ1) is 9.47. The molecule has 0 saturated heterocycles. The number of methoxy groups -OCH3 is 2. The zero-order chi connectivity index (χ0) is 14.9. The van der Waals surface area contributed by atoms with Crippen molar-refractivity contribution in [1.29, 1.82) is 0 Å². The van der Waals surface area contributed by atoms with E-state index in [9.17, 15) is 0 Å². The topological polar surface area (TPSA) is 44.5 Å². The normalized spacial score (nSPS) is 12.3. The summed E-state index contributed by atoms with van der Waals surface area (Å²) in [7, 11) is 3.25. The molecule has 6 heteroatoms. The summed E-state index contributed by atoms with van der Waals surface area (Å²) in [6, 6.07) is 5.71. The summed E-state index contributed by atoms with van der Waals surface area (Å²) in [5, 5.41) is 0. The number of benzene rings is 1. The predicted octanol–water partition coefficient (Wildman–Crippen LogP) is 4.65. The summed E-state index contributed by atoms with van der Waals surface area (Å²) < 4.78 is 12.7. The minimum absolute atomic E-state index is 0.216. The molecule has 0 spiro atoms. The Morgan fingerprint density at radius 2 is 1.65 bits per heavy atom. The maximum absolute atomic E-state index is 6.41. The molecule has 0 fully saturated rings. The highest BCUT2D eigenvalue weighted by molar-refractivity contribution is 9.12. The molecule has 1 aromatic carbocycles. The van der Waals surface area contributed by atoms with Gasteiger partial charge in [-0.3, -0.25) is 0 Å². The first kappa shape index (κ1) is 15.8. The Morgan fingerprint density at radius 3 is 2.15 bits per heavy atom. The van der Waals surface area contributed by atoms with Gasteiger partial charge in [0, 0.05) is 0 Å². The van der Waals surface area contributed by atoms with E-state index < -0.39 is 0 Å². The van der Waals surface area contributed by atoms with Gasteiger partial charge in [-0.1, -0.05) is 0 Å². The average Bonchev–Trinajstić information content (AvgIpc) is 2.76. The third kappa shape index (κ3) is 3.03. The fourth-order valence-electron chi connectivity index (χ4n) is 2.06. The summed E-state index contributed by atoms with van der Waals surface area (Å²) in [4.78, 5) is 0. The van der Waals surface area contributed by atoms with Crippen molar-refractivity contribution in [1.82, 2.24) is 0 Å². The number of ether oxygens (including phenoxy) is 2. The highest BCUT2D eigenvalue weighted by Crippen LogP contribution is 2.40. The Balaban J connectivity index is 2.49. The molecule has 0 amide bonds. The molecular weight excluding hydrogens is 406 g/mol. The molecule has 3 nitrogen and oxygen atoms in total. The van der Waals surface area contributed by atoms with Crippen molar-refractivity contribution in [2.75, 3.05) is 14.2 Å². The van der Waals surface area contributed by atoms with Gasteiger partial charge in [0.1, 0.15) is 0 Å². The molecule has 1 heterocycles. The van der Waals surface area contributed by atoms with Gasteiger partial charge in [0.05, 0.1) is 27.8 Å². The van der Waals surface area contributed by atoms with Crippen LogP contribution in [0.3, 0.4) is 0 Å². The second-order valence-corrected chi connectivity index (χ2v) is 8.07. The van der Waals surface area contributed by atoms with E-state index in [-0.39, 0.29) is 6.04 Å². The van der Waals surface area contributed by atoms with E-state index in [0.717, 1.165) is 24.3 Å². The highest BCUT2D eigenvalue weighted by Gasteiger charge is 2.19. The van der Waals surface area contributed by atoms with Gasteiger partial charge >= 0.3 is 0 Å². The molecule has 1 unspecified atom stereocenters. The van der Waals surface area contributed by atoms with Crippen LogP contribution in [0.15, 0.2) is 25.8 Å². The second kappa shape index (κ2) is 6.47. The summed E-state index contributed by atoms with van der Waals surface area (Å²) >= 11 is 8.65. The molecule has 0 saturated carbocycles. The van der Waals surface area contributed by atoms with Crippen molar-refractivity contribution in [2.45, 2.75) is 13.0 Å². The van der Waals surface area contributed by atoms with Crippen LogP contribution in [-0.4, -0.2) is 14.2 Å². The van der Waals surface area contributed by atoms with Gasteiger partial charge in [0.25, 0.3) is 0 Å². The van der Waals surface area contributed by atoms with E-state index in [2.05, 4.69) is 31.9 Å². The third-order valence-corrected chi connectivity index (χ3v) is 5.51. The molecule has 1 atom stereocenters. The lowest BCUT2D eigenvalue weighted by Crippen LogP contribution is -2.13. The van der Waals surface area contributed by atoms with Crippen LogP contribution in [0, 0.1) is 6.92 Å². The van der Waals surface area contributed by atoms with Crippen molar-refractivity contribution >= 4 is 43.2 Å². The zero-order valence-electron chi connectivity index (χ0n) is 11.4. The predicted molar refractivity (Wildman–Crippen MR) is 90.0 cm³/mol. The van der Waals surface area contributed by atoms with Crippen LogP contribution in [0.1, 0.15) is 22.7 Å². The second-order valence-electron chi connectivity index (χ2n) is 4.32. The van der Waals surface area contributed by atoms with Gasteiger partial charge in [-0.05, 0) is 73.7 Å². The molecule has 2 rings (SSSR count). The van der Waals surface area contributed by atoms with E-state index in [4.69, 9.17) is 15.2 Å². The molecule has 0 bridgehead atoms. The lowest BCUT2D eigenvalue weighted by Gasteiger charge is -2.17. The van der Waals surface area contributed by atoms with Crippen molar-refractivity contribution in [3.63, 3.8) is 0 Å². The molecule has 2 N–H and O–H groups in total. The van der Waals surface area contributed by atoms with Gasteiger partial charge in [0.15, 0.2) is 11.5 Å². The van der Waals surface area contributed by atoms with Gasteiger partial charge in [-0.15, -0.1) is 11.3 Å². The van der Waals surface area contributed by atoms with Gasteiger partial charge in [0.2, 0.25) is 0 Å². The maximum atomic E-state index is 6.41. The molecular formula is C14H15Br2NO2S. The molecule has 0 radical (unpaired) electrons. The van der Waals surface area contributed by atoms with Crippen LogP contribution in [0.5, 0.6) is 11.5 Å². The number of halogens is 2. The molecule has 20 heavy (non-hydrogen) atoms. The highest BCUT2D eigenvalue weighted by atomic mass is 79.9. The molecule has 0 aliphatic heterocycles. The minimum atomic E-state index is -0.216. The van der Waals surface area contributed by atoms with Gasteiger partial charge in [-0.25, -0.2) is 0 Å². The van der Waals surface area contributed by atoms with E-state index in [0.29, 0.717) is 11.5 Å². The zero-order valence-corrected chi connectivity index (χ0v) is 15.4. The fourth-order valence-corrected chi connectivity index (χ4v) is 4.99. The molecule has 0 aliphatic rings. The number of rotatable bonds is 4. The first-order valence-electron chi connectivity index (χ1n) is 5.90. The smallest absolute Gasteiger partial charge is 0.161 e. The van der Waals surface area contributed by atoms with Crippen molar-refractivity contribution in [2.24, 2.45) is 5.73 Å². The van der Waals surface area contributed by atoms with Crippen LogP contribution < -0.4 is 15.2 Å². The lowest BCUT2D eigenvalue weighted by molar-refractivity contribution is 0.354. The Labute approximate surface area is 139 Å². The summed E-state index contributed by atoms with van der Waals surface area (Å²) in [5.41, 5.74) is 9.55. The van der Waals surface area contributed by atoms with Crippen molar-refractivity contribution in [3.8, 4) is 11.5 Å². The monoisotopic (exact) mass is 419 g/mol. The molecule has 0 aliphatic carbocycles. The average molecular weight is 421 g/mol. The Bertz CT molecular complexity index is 628. The Kier molecular flexibility index (Phi) is 5.12. The van der Waals surface area contributed by atoms with E-state index in [1.165, 1.54) is 0 Å². The SMILES string of the molecule is COc1cc(C)c(C(N)c2cc(Br)sc2Br)cc1OC. The van der Waals surface area contributed by atoms with Crippen LogP contribution >= 0.6 is 43.2 Å². The minimum Gasteiger partial charge on any atom is -0.493 e. The third-order valence-electron chi connectivity index (χ3n) is 3.13. The summed E-state index contributed by atoms with van der Waals surface area (Å²) in [6.45, 7) is 2.02. The molecule has 108 valence electrons. The summed E-state index contributed by atoms with van der Waals surface area (Å²) in [5.74, 6) is 1.40. The van der Waals surface area contributed by atoms with Gasteiger partial charge in [-0.2, -0.15) is 0 Å². The lowest BCUT2D eigenvalue weighted by atomic mass is 9.97. The number of hydrogen-bond acceptors (Lipinski definition) is 4. The Morgan fingerprint density at radius 1 is 1.05 bits per heavy atom. The molecule has 2 aromatic rings.